The van der Waals surface area contributed by atoms with E-state index in [9.17, 15) is 54.9 Å². The molecule has 0 amide bonds. The van der Waals surface area contributed by atoms with Crippen molar-refractivity contribution < 1.29 is 102 Å². The first kappa shape index (κ1) is 69.0. The number of hydrogen-bond acceptors (Lipinski definition) is 21. The maximum atomic E-state index is 14.5. The summed E-state index contributed by atoms with van der Waals surface area (Å²) in [5.74, 6) is -10.7. The summed E-state index contributed by atoms with van der Waals surface area (Å²) < 4.78 is 63.4. The fourth-order valence-electron chi connectivity index (χ4n) is 14.1. The van der Waals surface area contributed by atoms with E-state index in [0.717, 1.165) is 0 Å². The van der Waals surface area contributed by atoms with Gasteiger partial charge in [0, 0.05) is 108 Å². The lowest BCUT2D eigenvalue weighted by atomic mass is 9.78. The SMILES string of the molecule is C=C(Cl)C=C[C@@H](O)CC(=C)C[C@H]1O[C@@H]2[C@H](C)[C@@H](OC(=O)C[C@H]3C[C@H](OC(C)=O)C[C@@]4(C[C@@](C)(O)C[C@H](CC(=C)[C@@H](C)C(OC(C)=O)[C@H](C)C(=O)C[C@@H]5C[C@H](OC)C[C@@]6(C[C@@H](O)C[C@H](C=CCCC[C@H]7O[C@](O)(C[C@H](O)[C@H]7C)[C@H]2O)O6)O5)O4)O3)[C@@H]1O. The van der Waals surface area contributed by atoms with E-state index in [0.29, 0.717) is 43.3 Å². The van der Waals surface area contributed by atoms with Gasteiger partial charge in [0.1, 0.15) is 36.3 Å². The summed E-state index contributed by atoms with van der Waals surface area (Å²) in [6.07, 6.45) is -8.69. The van der Waals surface area contributed by atoms with Crippen LogP contribution in [0, 0.1) is 23.7 Å². The van der Waals surface area contributed by atoms with E-state index in [-0.39, 0.29) is 81.1 Å². The number of Topliss-reactive ketones (excluding diaryl/α,β-unsaturated/α-hetero) is 1. The number of esters is 3. The number of allylic oxidation sites excluding steroid dienone is 3. The first-order valence-electron chi connectivity index (χ1n) is 30.3. The maximum Gasteiger partial charge on any atom is 0.308 e. The highest BCUT2D eigenvalue weighted by Gasteiger charge is 2.58. The van der Waals surface area contributed by atoms with Gasteiger partial charge < -0.3 is 83.1 Å². The lowest BCUT2D eigenvalue weighted by molar-refractivity contribution is -0.351. The largest absolute Gasteiger partial charge is 0.462 e. The molecule has 2 spiro atoms. The van der Waals surface area contributed by atoms with Crippen LogP contribution >= 0.6 is 11.6 Å². The van der Waals surface area contributed by atoms with Gasteiger partial charge in [0.05, 0.1) is 85.1 Å². The molecule has 0 aliphatic carbocycles. The summed E-state index contributed by atoms with van der Waals surface area (Å²) in [7, 11) is 1.57. The van der Waals surface area contributed by atoms with Crippen LogP contribution in [0.15, 0.2) is 60.2 Å². The van der Waals surface area contributed by atoms with E-state index in [2.05, 4.69) is 19.7 Å². The Bertz CT molecular complexity index is 2430. The van der Waals surface area contributed by atoms with Gasteiger partial charge in [-0.05, 0) is 51.5 Å². The number of carbonyl (C=O) groups excluding carboxylic acids is 4. The Balaban J connectivity index is 1.22. The number of rotatable bonds is 9. The van der Waals surface area contributed by atoms with E-state index in [1.807, 2.05) is 12.2 Å². The van der Waals surface area contributed by atoms with Crippen LogP contribution in [0.5, 0.6) is 0 Å². The second-order valence-electron chi connectivity index (χ2n) is 25.9. The van der Waals surface area contributed by atoms with Crippen LogP contribution in [-0.4, -0.2) is 187 Å². The predicted octanol–water partition coefficient (Wildman–Crippen LogP) is 5.91. The zero-order chi connectivity index (χ0) is 62.5. The Hall–Kier alpha value is -3.49. The highest BCUT2D eigenvalue weighted by atomic mass is 35.5. The first-order chi connectivity index (χ1) is 39.8. The summed E-state index contributed by atoms with van der Waals surface area (Å²) in [6, 6.07) is 0. The van der Waals surface area contributed by atoms with Crippen molar-refractivity contribution in [3.63, 3.8) is 0 Å². The van der Waals surface area contributed by atoms with Crippen molar-refractivity contribution in [3.05, 3.63) is 60.2 Å². The average Bonchev–Trinajstić information content (AvgIpc) is 1.35. The number of aliphatic hydroxyl groups excluding tert-OH is 5. The number of methoxy groups -OCH3 is 1. The molecule has 7 N–H and O–H groups in total. The Morgan fingerprint density at radius 3 is 2.15 bits per heavy atom. The predicted molar refractivity (Wildman–Crippen MR) is 308 cm³/mol. The molecule has 10 bridgehead atoms. The number of hydrogen-bond donors (Lipinski definition) is 7. The minimum atomic E-state index is -2.40. The van der Waals surface area contributed by atoms with Gasteiger partial charge in [-0.25, -0.2) is 0 Å². The van der Waals surface area contributed by atoms with Crippen molar-refractivity contribution in [3.8, 4) is 0 Å². The quantitative estimate of drug-likeness (QED) is 0.0611. The van der Waals surface area contributed by atoms with Crippen molar-refractivity contribution >= 4 is 35.3 Å². The standard InChI is InChI=1S/C63H95ClO21/c1-33(19-42(67)18-17-35(3)64)20-53-55(72)57-39(7)58(79-53)59(73)63(75)31-51(70)37(5)52(85-63)16-14-12-13-15-44-22-43(68)27-61(81-44)29-47(76-11)23-45(82-61)25-50(69)38(6)56(78-41(9)66)36(4)34(2)21-49-28-60(10,74)32-62(84-49)30-48(77-40(8)65)24-46(83-62)26-54(71)80-57/h13,15,17-18,36-39,42-49,51-53,55-59,67-68,70,72-75H,1-3,12,14,16,19-32H2,4-11H3/t36-,37-,38-,39-,42-,43+,44+,45+,46-,47+,48+,49+,51+,52-,53-,55-,56?,57-,58-,59+,60+,61-,62-,63-/m1/s1. The van der Waals surface area contributed by atoms with Crippen molar-refractivity contribution in [1.29, 1.82) is 0 Å². The Labute approximate surface area is 505 Å². The zero-order valence-electron chi connectivity index (χ0n) is 50.7. The highest BCUT2D eigenvalue weighted by Crippen LogP contribution is 2.48. The van der Waals surface area contributed by atoms with Gasteiger partial charge in [-0.1, -0.05) is 88.4 Å². The average molecular weight is 1220 g/mol. The van der Waals surface area contributed by atoms with Gasteiger partial charge in [0.15, 0.2) is 17.4 Å². The summed E-state index contributed by atoms with van der Waals surface area (Å²) >= 11 is 5.89. The number of carbonyl (C=O) groups is 4. The lowest BCUT2D eigenvalue weighted by Crippen LogP contribution is -2.65. The second-order valence-corrected chi connectivity index (χ2v) is 26.4. The molecule has 480 valence electrons. The Morgan fingerprint density at radius 1 is 0.812 bits per heavy atom. The van der Waals surface area contributed by atoms with Gasteiger partial charge in [-0.15, -0.1) is 0 Å². The van der Waals surface area contributed by atoms with Crippen LogP contribution in [0.4, 0.5) is 0 Å². The Kier molecular flexibility index (Phi) is 23.5. The molecule has 7 aliphatic heterocycles. The van der Waals surface area contributed by atoms with Crippen molar-refractivity contribution in [2.24, 2.45) is 23.7 Å². The third-order valence-corrected chi connectivity index (χ3v) is 18.4. The third-order valence-electron chi connectivity index (χ3n) is 18.3. The van der Waals surface area contributed by atoms with Crippen LogP contribution in [0.3, 0.4) is 0 Å². The second kappa shape index (κ2) is 29.0. The van der Waals surface area contributed by atoms with E-state index < -0.39 is 169 Å². The Morgan fingerprint density at radius 2 is 1.47 bits per heavy atom. The molecule has 22 heteroatoms. The molecule has 85 heavy (non-hydrogen) atoms. The molecule has 24 atom stereocenters. The van der Waals surface area contributed by atoms with Gasteiger partial charge in [0.2, 0.25) is 0 Å². The van der Waals surface area contributed by atoms with Crippen LogP contribution in [0.1, 0.15) is 158 Å². The van der Waals surface area contributed by atoms with Gasteiger partial charge in [-0.3, -0.25) is 19.2 Å². The topological polar surface area (TPSA) is 302 Å². The molecule has 7 heterocycles. The minimum Gasteiger partial charge on any atom is -0.462 e. The summed E-state index contributed by atoms with van der Waals surface area (Å²) in [4.78, 5) is 54.3. The van der Waals surface area contributed by atoms with Crippen LogP contribution in [0.25, 0.3) is 0 Å². The molecule has 7 aliphatic rings. The number of fused-ring (bicyclic) bond motifs is 8. The first-order valence-corrected chi connectivity index (χ1v) is 30.7. The van der Waals surface area contributed by atoms with E-state index in [1.54, 1.807) is 41.7 Å². The van der Waals surface area contributed by atoms with Gasteiger partial charge in [-0.2, -0.15) is 0 Å². The molecular formula is C63H95ClO21. The molecule has 6 fully saturated rings. The minimum absolute atomic E-state index is 0.00321. The molecule has 21 nitrogen and oxygen atoms in total. The molecule has 0 aromatic carbocycles. The van der Waals surface area contributed by atoms with Gasteiger partial charge >= 0.3 is 17.9 Å². The van der Waals surface area contributed by atoms with Crippen molar-refractivity contribution in [2.75, 3.05) is 7.11 Å². The smallest absolute Gasteiger partial charge is 0.308 e. The summed E-state index contributed by atoms with van der Waals surface area (Å²) in [5.41, 5.74) is -0.508. The maximum absolute atomic E-state index is 14.5. The number of ether oxygens (including phenoxy) is 10. The fraction of sp³-hybridized carbons (Fsp3) is 0.778. The molecular weight excluding hydrogens is 1130 g/mol. The zero-order valence-corrected chi connectivity index (χ0v) is 51.5. The van der Waals surface area contributed by atoms with Crippen LogP contribution in [0.2, 0.25) is 0 Å². The molecule has 0 saturated carbocycles. The van der Waals surface area contributed by atoms with Gasteiger partial charge in [0.25, 0.3) is 0 Å². The number of halogens is 1. The normalized spacial score (nSPS) is 44.1. The third kappa shape index (κ3) is 18.1. The van der Waals surface area contributed by atoms with E-state index >= 15 is 0 Å². The van der Waals surface area contributed by atoms with Crippen LogP contribution in [-0.2, 0) is 66.5 Å². The molecule has 0 radical (unpaired) electrons. The van der Waals surface area contributed by atoms with Crippen molar-refractivity contribution in [2.45, 2.75) is 278 Å². The van der Waals surface area contributed by atoms with Crippen molar-refractivity contribution in [1.82, 2.24) is 0 Å². The summed E-state index contributed by atoms with van der Waals surface area (Å²) in [5, 5.41) is 82.6. The fourth-order valence-corrected chi connectivity index (χ4v) is 14.2. The van der Waals surface area contributed by atoms with E-state index in [1.165, 1.54) is 26.0 Å². The monoisotopic (exact) mass is 1220 g/mol. The number of aliphatic hydroxyl groups is 7. The van der Waals surface area contributed by atoms with E-state index in [4.69, 9.17) is 59.0 Å². The molecule has 0 aromatic rings. The van der Waals surface area contributed by atoms with Crippen LogP contribution < -0.4 is 0 Å². The lowest BCUT2D eigenvalue weighted by Gasteiger charge is -2.52. The number of ketones is 1. The summed E-state index contributed by atoms with van der Waals surface area (Å²) in [6.45, 7) is 23.1. The highest BCUT2D eigenvalue weighted by molar-refractivity contribution is 6.30. The molecule has 7 rings (SSSR count). The molecule has 1 unspecified atom stereocenters. The molecule has 0 aromatic heterocycles. The molecule has 6 saturated heterocycles.